The van der Waals surface area contributed by atoms with E-state index >= 15 is 0 Å². The fourth-order valence-corrected chi connectivity index (χ4v) is 2.62. The van der Waals surface area contributed by atoms with Crippen LogP contribution in [-0.4, -0.2) is 67.4 Å². The van der Waals surface area contributed by atoms with Crippen LogP contribution in [0.15, 0.2) is 24.3 Å². The van der Waals surface area contributed by atoms with Gasteiger partial charge in [-0.3, -0.25) is 14.6 Å². The van der Waals surface area contributed by atoms with Gasteiger partial charge in [-0.15, -0.1) is 0 Å². The Bertz CT molecular complexity index is 533. The van der Waals surface area contributed by atoms with Gasteiger partial charge in [-0.25, -0.2) is 0 Å². The first-order chi connectivity index (χ1) is 10.6. The average molecular weight is 300 g/mol. The van der Waals surface area contributed by atoms with Crippen molar-refractivity contribution in [1.82, 2.24) is 14.7 Å². The summed E-state index contributed by atoms with van der Waals surface area (Å²) in [5.41, 5.74) is 1.94. The lowest BCUT2D eigenvalue weighted by Gasteiger charge is -2.22. The minimum atomic E-state index is 0.167. The number of rotatable bonds is 4. The number of carbonyl (C=O) groups is 1. The molecule has 1 aromatic carbocycles. The van der Waals surface area contributed by atoms with Crippen LogP contribution < -0.4 is 0 Å². The molecular weight excluding hydrogens is 276 g/mol. The molecule has 1 saturated heterocycles. The number of nitriles is 1. The Balaban J connectivity index is 1.84. The van der Waals surface area contributed by atoms with E-state index in [2.05, 4.69) is 15.9 Å². The smallest absolute Gasteiger partial charge is 0.236 e. The summed E-state index contributed by atoms with van der Waals surface area (Å²) in [6.45, 7) is 5.34. The minimum Gasteiger partial charge on any atom is -0.348 e. The van der Waals surface area contributed by atoms with Crippen molar-refractivity contribution >= 4 is 5.91 Å². The highest BCUT2D eigenvalue weighted by Gasteiger charge is 2.17. The van der Waals surface area contributed by atoms with E-state index in [4.69, 9.17) is 5.26 Å². The summed E-state index contributed by atoms with van der Waals surface area (Å²) in [4.78, 5) is 18.1. The van der Waals surface area contributed by atoms with Gasteiger partial charge in [0, 0.05) is 33.7 Å². The zero-order chi connectivity index (χ0) is 15.9. The molecule has 0 unspecified atom stereocenters. The molecule has 0 atom stereocenters. The van der Waals surface area contributed by atoms with Crippen molar-refractivity contribution in [1.29, 1.82) is 5.26 Å². The molecule has 0 bridgehead atoms. The predicted octanol–water partition coefficient (Wildman–Crippen LogP) is 1.15. The summed E-state index contributed by atoms with van der Waals surface area (Å²) in [6, 6.07) is 9.93. The van der Waals surface area contributed by atoms with Gasteiger partial charge in [0.2, 0.25) is 5.91 Å². The molecular formula is C17H24N4O. The van der Waals surface area contributed by atoms with E-state index in [-0.39, 0.29) is 5.91 Å². The van der Waals surface area contributed by atoms with Crippen molar-refractivity contribution < 1.29 is 4.79 Å². The Morgan fingerprint density at radius 1 is 1.14 bits per heavy atom. The van der Waals surface area contributed by atoms with Crippen LogP contribution >= 0.6 is 0 Å². The van der Waals surface area contributed by atoms with Gasteiger partial charge in [0.1, 0.15) is 0 Å². The van der Waals surface area contributed by atoms with E-state index in [0.717, 1.165) is 39.1 Å². The third-order valence-electron chi connectivity index (χ3n) is 4.03. The molecule has 0 radical (unpaired) electrons. The number of amides is 1. The molecule has 0 N–H and O–H groups in total. The number of nitrogens with zero attached hydrogens (tertiary/aromatic N) is 4. The van der Waals surface area contributed by atoms with E-state index in [9.17, 15) is 4.79 Å². The number of hydrogen-bond acceptors (Lipinski definition) is 4. The Labute approximate surface area is 132 Å². The topological polar surface area (TPSA) is 50.6 Å². The highest BCUT2D eigenvalue weighted by atomic mass is 16.2. The van der Waals surface area contributed by atoms with E-state index in [1.54, 1.807) is 19.0 Å². The fourth-order valence-electron chi connectivity index (χ4n) is 2.62. The number of hydrogen-bond donors (Lipinski definition) is 0. The maximum atomic E-state index is 11.8. The molecule has 0 spiro atoms. The zero-order valence-corrected chi connectivity index (χ0v) is 13.5. The van der Waals surface area contributed by atoms with E-state index in [0.29, 0.717) is 12.1 Å². The molecule has 1 aliphatic rings. The van der Waals surface area contributed by atoms with Gasteiger partial charge in [-0.1, -0.05) is 12.1 Å². The maximum Gasteiger partial charge on any atom is 0.236 e. The molecule has 22 heavy (non-hydrogen) atoms. The van der Waals surface area contributed by atoms with Crippen molar-refractivity contribution in [2.45, 2.75) is 13.0 Å². The second kappa shape index (κ2) is 7.92. The average Bonchev–Trinajstić information content (AvgIpc) is 2.73. The first-order valence-electron chi connectivity index (χ1n) is 7.72. The molecule has 1 aliphatic heterocycles. The standard InChI is InChI=1S/C17H24N4O/c1-19(2)17(22)14-21-9-3-8-20(10-11-21)13-16-6-4-15(12-18)5-7-16/h4-7H,3,8-11,13-14H2,1-2H3. The molecule has 1 amide bonds. The summed E-state index contributed by atoms with van der Waals surface area (Å²) in [5, 5.41) is 8.83. The van der Waals surface area contributed by atoms with Crippen molar-refractivity contribution in [3.63, 3.8) is 0 Å². The normalized spacial score (nSPS) is 16.8. The lowest BCUT2D eigenvalue weighted by atomic mass is 10.1. The van der Waals surface area contributed by atoms with E-state index < -0.39 is 0 Å². The monoisotopic (exact) mass is 300 g/mol. The first-order valence-corrected chi connectivity index (χ1v) is 7.72. The van der Waals surface area contributed by atoms with Crippen LogP contribution in [0, 0.1) is 11.3 Å². The van der Waals surface area contributed by atoms with Gasteiger partial charge in [0.05, 0.1) is 18.2 Å². The second-order valence-electron chi connectivity index (χ2n) is 6.00. The van der Waals surface area contributed by atoms with Crippen LogP contribution in [0.2, 0.25) is 0 Å². The van der Waals surface area contributed by atoms with Crippen molar-refractivity contribution in [3.8, 4) is 6.07 Å². The summed E-state index contributed by atoms with van der Waals surface area (Å²) < 4.78 is 0. The third-order valence-corrected chi connectivity index (χ3v) is 4.03. The van der Waals surface area contributed by atoms with Crippen LogP contribution in [0.1, 0.15) is 17.5 Å². The van der Waals surface area contributed by atoms with Gasteiger partial charge in [-0.2, -0.15) is 5.26 Å². The number of benzene rings is 1. The molecule has 0 aliphatic carbocycles. The fraction of sp³-hybridized carbons (Fsp3) is 0.529. The molecule has 0 saturated carbocycles. The largest absolute Gasteiger partial charge is 0.348 e. The Morgan fingerprint density at radius 2 is 1.77 bits per heavy atom. The van der Waals surface area contributed by atoms with Crippen LogP contribution in [-0.2, 0) is 11.3 Å². The number of carbonyl (C=O) groups excluding carboxylic acids is 1. The Kier molecular flexibility index (Phi) is 5.93. The lowest BCUT2D eigenvalue weighted by molar-refractivity contribution is -0.129. The lowest BCUT2D eigenvalue weighted by Crippen LogP contribution is -2.38. The van der Waals surface area contributed by atoms with Gasteiger partial charge in [0.15, 0.2) is 0 Å². The highest BCUT2D eigenvalue weighted by molar-refractivity contribution is 5.77. The summed E-state index contributed by atoms with van der Waals surface area (Å²) >= 11 is 0. The molecule has 118 valence electrons. The van der Waals surface area contributed by atoms with Gasteiger partial charge >= 0.3 is 0 Å². The predicted molar refractivity (Wildman–Crippen MR) is 86.2 cm³/mol. The molecule has 1 heterocycles. The minimum absolute atomic E-state index is 0.167. The summed E-state index contributed by atoms with van der Waals surface area (Å²) in [7, 11) is 3.61. The van der Waals surface area contributed by atoms with Crippen LogP contribution in [0.4, 0.5) is 0 Å². The maximum absolute atomic E-state index is 11.8. The molecule has 1 aromatic rings. The molecule has 2 rings (SSSR count). The first kappa shape index (κ1) is 16.5. The molecule has 1 fully saturated rings. The Hall–Kier alpha value is -1.90. The second-order valence-corrected chi connectivity index (χ2v) is 6.00. The van der Waals surface area contributed by atoms with Crippen molar-refractivity contribution in [3.05, 3.63) is 35.4 Å². The van der Waals surface area contributed by atoms with Crippen molar-refractivity contribution in [2.75, 3.05) is 46.8 Å². The van der Waals surface area contributed by atoms with Gasteiger partial charge < -0.3 is 4.90 Å². The molecule has 0 aromatic heterocycles. The van der Waals surface area contributed by atoms with Gasteiger partial charge in [-0.05, 0) is 37.2 Å². The quantitative estimate of drug-likeness (QED) is 0.837. The summed E-state index contributed by atoms with van der Waals surface area (Å²) in [6.07, 6.45) is 1.08. The summed E-state index contributed by atoms with van der Waals surface area (Å²) in [5.74, 6) is 0.167. The molecule has 5 nitrogen and oxygen atoms in total. The van der Waals surface area contributed by atoms with E-state index in [1.165, 1.54) is 5.56 Å². The SMILES string of the molecule is CN(C)C(=O)CN1CCCN(Cc2ccc(C#N)cc2)CC1. The van der Waals surface area contributed by atoms with Gasteiger partial charge in [0.25, 0.3) is 0 Å². The van der Waals surface area contributed by atoms with Crippen LogP contribution in [0.3, 0.4) is 0 Å². The Morgan fingerprint density at radius 3 is 2.41 bits per heavy atom. The number of likely N-dealkylation sites (N-methyl/N-ethyl adjacent to an activating group) is 1. The zero-order valence-electron chi connectivity index (χ0n) is 13.5. The van der Waals surface area contributed by atoms with Crippen LogP contribution in [0.5, 0.6) is 0 Å². The van der Waals surface area contributed by atoms with Crippen LogP contribution in [0.25, 0.3) is 0 Å². The molecule has 5 heteroatoms. The van der Waals surface area contributed by atoms with E-state index in [1.807, 2.05) is 24.3 Å². The third kappa shape index (κ3) is 4.83. The highest BCUT2D eigenvalue weighted by Crippen LogP contribution is 2.10. The van der Waals surface area contributed by atoms with Crippen molar-refractivity contribution in [2.24, 2.45) is 0 Å².